The highest BCUT2D eigenvalue weighted by Crippen LogP contribution is 2.17. The van der Waals surface area contributed by atoms with Gasteiger partial charge in [0.05, 0.1) is 61.2 Å². The number of benzene rings is 8. The van der Waals surface area contributed by atoms with Gasteiger partial charge in [0.25, 0.3) is 0 Å². The fraction of sp³-hybridized carbons (Fsp3) is 0. The third-order valence-electron chi connectivity index (χ3n) is 10.7. The molecule has 16 aromatic rings. The summed E-state index contributed by atoms with van der Waals surface area (Å²) in [5.41, 5.74) is 9.84. The van der Waals surface area contributed by atoms with Crippen LogP contribution in [0.15, 0.2) is 277 Å². The van der Waals surface area contributed by atoms with Crippen molar-refractivity contribution >= 4 is 109 Å². The van der Waals surface area contributed by atoms with Crippen molar-refractivity contribution in [2.75, 3.05) is 0 Å². The third-order valence-corrected chi connectivity index (χ3v) is 12.3. The largest absolute Gasteiger partial charge is 0.443 e. The molecule has 0 atom stereocenters. The Morgan fingerprint density at radius 3 is 1.77 bits per heavy atom. The number of aromatic nitrogens is 10. The minimum atomic E-state index is 0.845. The van der Waals surface area contributed by atoms with Crippen molar-refractivity contribution in [2.45, 2.75) is 0 Å². The van der Waals surface area contributed by atoms with Gasteiger partial charge in [-0.1, -0.05) is 139 Å². The number of imidazole rings is 1. The second-order valence-corrected chi connectivity index (χ2v) is 17.4. The van der Waals surface area contributed by atoms with Crippen LogP contribution in [0.3, 0.4) is 0 Å². The number of nitrogens with one attached hydrogen (secondary N) is 2. The molecule has 2 N–H and O–H groups in total. The molecule has 360 valence electrons. The van der Waals surface area contributed by atoms with Gasteiger partial charge >= 0.3 is 0 Å². The van der Waals surface area contributed by atoms with Crippen molar-refractivity contribution in [1.29, 1.82) is 0 Å². The van der Waals surface area contributed by atoms with Gasteiger partial charge in [0.15, 0.2) is 17.6 Å². The molecule has 0 amide bonds. The van der Waals surface area contributed by atoms with Crippen LogP contribution in [0.4, 0.5) is 0 Å². The number of oxazole rings is 1. The third kappa shape index (κ3) is 14.2. The molecule has 12 nitrogen and oxygen atoms in total. The number of aromatic amines is 2. The van der Waals surface area contributed by atoms with Crippen LogP contribution in [0.1, 0.15) is 0 Å². The zero-order valence-electron chi connectivity index (χ0n) is 39.6. The topological polar surface area (TPSA) is 161 Å². The molecule has 0 radical (unpaired) electrons. The van der Waals surface area contributed by atoms with Crippen molar-refractivity contribution in [1.82, 2.24) is 49.6 Å². The molecule has 0 spiro atoms. The van der Waals surface area contributed by atoms with Crippen LogP contribution < -0.4 is 0 Å². The summed E-state index contributed by atoms with van der Waals surface area (Å²) in [4.78, 5) is 23.4. The lowest BCUT2D eigenvalue weighted by molar-refractivity contribution is 0.456. The van der Waals surface area contributed by atoms with E-state index in [9.17, 15) is 0 Å². The minimum Gasteiger partial charge on any atom is -0.443 e. The van der Waals surface area contributed by atoms with E-state index in [4.69, 9.17) is 8.94 Å². The molecule has 14 heteroatoms. The Morgan fingerprint density at radius 1 is 0.392 bits per heavy atom. The van der Waals surface area contributed by atoms with Crippen LogP contribution in [-0.2, 0) is 0 Å². The Labute approximate surface area is 432 Å². The lowest BCUT2D eigenvalue weighted by Gasteiger charge is -1.91. The quantitative estimate of drug-likeness (QED) is 0.150. The van der Waals surface area contributed by atoms with E-state index in [1.165, 1.54) is 48.9 Å². The van der Waals surface area contributed by atoms with Crippen molar-refractivity contribution < 1.29 is 8.94 Å². The second-order valence-electron chi connectivity index (χ2n) is 15.7. The molecule has 0 unspecified atom stereocenters. The maximum Gasteiger partial charge on any atom is 0.181 e. The van der Waals surface area contributed by atoms with Gasteiger partial charge in [-0.05, 0) is 101 Å². The van der Waals surface area contributed by atoms with Crippen LogP contribution in [0.5, 0.6) is 0 Å². The molecule has 8 heterocycles. The van der Waals surface area contributed by atoms with E-state index in [1.54, 1.807) is 23.9 Å². The summed E-state index contributed by atoms with van der Waals surface area (Å²) in [7, 11) is 0. The van der Waals surface area contributed by atoms with Gasteiger partial charge < -0.3 is 13.9 Å². The number of thiazole rings is 1. The average molecular weight is 1000 g/mol. The Bertz CT molecular complexity index is 3290. The SMILES string of the molecule is c1ccc2[nH]cnc2c1.c1ccc2[nH]ncc2c1.c1ccc2cnccc2c1.c1ccc2ncccc2c1.c1ccc2ocnc2c1.c1ccc2oncc2c1.c1ccc2scnc2c1.c1ccc2sncc2c1. The Morgan fingerprint density at radius 2 is 1.03 bits per heavy atom. The molecule has 0 fully saturated rings. The van der Waals surface area contributed by atoms with Crippen molar-refractivity contribution in [3.8, 4) is 0 Å². The molecular weight excluding hydrogens is 957 g/mol. The first-order valence-corrected chi connectivity index (χ1v) is 24.9. The van der Waals surface area contributed by atoms with Gasteiger partial charge in [-0.25, -0.2) is 15.0 Å². The highest BCUT2D eigenvalue weighted by atomic mass is 32.1. The number of para-hydroxylation sites is 8. The molecule has 0 aliphatic rings. The second kappa shape index (κ2) is 26.4. The van der Waals surface area contributed by atoms with Crippen molar-refractivity contribution in [3.63, 3.8) is 0 Å². The molecule has 8 aromatic carbocycles. The molecule has 0 saturated carbocycles. The number of hydrogen-bond donors (Lipinski definition) is 2. The summed E-state index contributed by atoms with van der Waals surface area (Å²) in [5, 5.41) is 17.5. The summed E-state index contributed by atoms with van der Waals surface area (Å²) in [6, 6.07) is 70.0. The van der Waals surface area contributed by atoms with Gasteiger partial charge in [-0.15, -0.1) is 11.3 Å². The Balaban J connectivity index is 0.000000104. The average Bonchev–Trinajstić information content (AvgIpc) is 4.36. The normalized spacial score (nSPS) is 10.2. The molecule has 0 aliphatic carbocycles. The summed E-state index contributed by atoms with van der Waals surface area (Å²) in [6.45, 7) is 0. The summed E-state index contributed by atoms with van der Waals surface area (Å²) in [6.07, 6.45) is 14.0. The van der Waals surface area contributed by atoms with E-state index in [0.29, 0.717) is 0 Å². The maximum absolute atomic E-state index is 5.01. The summed E-state index contributed by atoms with van der Waals surface area (Å²) < 4.78 is 16.4. The smallest absolute Gasteiger partial charge is 0.181 e. The zero-order valence-corrected chi connectivity index (χ0v) is 41.2. The number of rotatable bonds is 0. The first-order valence-electron chi connectivity index (χ1n) is 23.2. The van der Waals surface area contributed by atoms with Gasteiger partial charge in [-0.2, -0.15) is 9.47 Å². The monoisotopic (exact) mass is 1000 g/mol. The van der Waals surface area contributed by atoms with Crippen molar-refractivity contribution in [2.24, 2.45) is 0 Å². The first kappa shape index (κ1) is 49.2. The number of fused-ring (bicyclic) bond motifs is 8. The van der Waals surface area contributed by atoms with Crippen LogP contribution >= 0.6 is 22.9 Å². The standard InChI is InChI=1S/2C9H7N.2C7H6N2.2C7H5NO.2C7H5NS/c1-2-6-9-8(4-1)5-3-7-10-9;1-2-4-9-7-10-6-5-8(9)3-1;1-2-4-7-6(3-1)8-5-9-7;1-2-4-7-6(3-1)5-8-9-7;1-2-4-7-6(3-1)8-5-9-7;1-2-4-7-6(3-1)5-8-9-7;1-2-4-7-6(3-1)8-5-9-7;1-2-4-7-6(3-1)5-8-9-7/h2*1-7H;2*1-5H,(H,8,9);4*1-5H. The maximum atomic E-state index is 5.01. The number of nitrogens with zero attached hydrogens (tertiary/aromatic N) is 8. The summed E-state index contributed by atoms with van der Waals surface area (Å²) in [5.74, 6) is 0. The van der Waals surface area contributed by atoms with Crippen molar-refractivity contribution in [3.05, 3.63) is 268 Å². The van der Waals surface area contributed by atoms with Crippen LogP contribution in [0, 0.1) is 0 Å². The van der Waals surface area contributed by atoms with Gasteiger partial charge in [-0.3, -0.25) is 15.1 Å². The van der Waals surface area contributed by atoms with Gasteiger partial charge in [0.2, 0.25) is 0 Å². The molecule has 16 rings (SSSR count). The van der Waals surface area contributed by atoms with E-state index in [0.717, 1.165) is 55.0 Å². The molecule has 0 aliphatic heterocycles. The molecule has 0 saturated heterocycles. The number of H-pyrrole nitrogens is 2. The van der Waals surface area contributed by atoms with E-state index in [-0.39, 0.29) is 0 Å². The highest BCUT2D eigenvalue weighted by molar-refractivity contribution is 7.16. The minimum absolute atomic E-state index is 0.845. The number of pyridine rings is 2. The first-order chi connectivity index (χ1) is 36.7. The molecule has 8 aromatic heterocycles. The predicted octanol–water partition coefficient (Wildman–Crippen LogP) is 15.8. The Kier molecular flexibility index (Phi) is 17.6. The van der Waals surface area contributed by atoms with Gasteiger partial charge in [0, 0.05) is 46.3 Å². The van der Waals surface area contributed by atoms with Crippen LogP contribution in [0.25, 0.3) is 86.0 Å². The lowest BCUT2D eigenvalue weighted by Crippen LogP contribution is -1.73. The zero-order chi connectivity index (χ0) is 50.2. The number of hydrogen-bond acceptors (Lipinski definition) is 12. The van der Waals surface area contributed by atoms with Gasteiger partial charge in [0.1, 0.15) is 5.52 Å². The summed E-state index contributed by atoms with van der Waals surface area (Å²) >= 11 is 3.21. The van der Waals surface area contributed by atoms with E-state index < -0.39 is 0 Å². The predicted molar refractivity (Wildman–Crippen MR) is 303 cm³/mol. The Hall–Kier alpha value is -9.76. The van der Waals surface area contributed by atoms with Crippen LogP contribution in [0.2, 0.25) is 0 Å². The van der Waals surface area contributed by atoms with E-state index in [2.05, 4.69) is 92.1 Å². The van der Waals surface area contributed by atoms with Crippen LogP contribution in [-0.4, -0.2) is 49.6 Å². The molecule has 74 heavy (non-hydrogen) atoms. The molecule has 0 bridgehead atoms. The van der Waals surface area contributed by atoms with E-state index in [1.807, 2.05) is 206 Å². The fourth-order valence-corrected chi connectivity index (χ4v) is 8.36. The lowest BCUT2D eigenvalue weighted by atomic mass is 10.2. The fourth-order valence-electron chi connectivity index (χ4n) is 7.03. The highest BCUT2D eigenvalue weighted by Gasteiger charge is 1.95. The van der Waals surface area contributed by atoms with E-state index >= 15 is 0 Å². The molecular formula is C60H46N10O2S2.